The molecule has 0 heterocycles. The maximum atomic E-state index is 12.6. The van der Waals surface area contributed by atoms with E-state index in [-0.39, 0.29) is 6.42 Å². The number of aliphatic carboxylic acids is 1. The molecule has 0 saturated heterocycles. The summed E-state index contributed by atoms with van der Waals surface area (Å²) in [5.74, 6) is -2.64. The second-order valence-electron chi connectivity index (χ2n) is 6.49. The van der Waals surface area contributed by atoms with Crippen molar-refractivity contribution in [1.29, 1.82) is 0 Å². The summed E-state index contributed by atoms with van der Waals surface area (Å²) in [6, 6.07) is 5.57. The highest BCUT2D eigenvalue weighted by Crippen LogP contribution is 2.05. The summed E-state index contributed by atoms with van der Waals surface area (Å²) in [6.45, 7) is -1.30. The number of carboxylic acid groups (broad SMARTS) is 1. The first-order chi connectivity index (χ1) is 14.3. The Kier molecular flexibility index (Phi) is 11.5. The quantitative estimate of drug-likeness (QED) is 0.214. The van der Waals surface area contributed by atoms with Gasteiger partial charge in [-0.3, -0.25) is 19.2 Å². The number of nitrogens with one attached hydrogen (secondary N) is 3. The third-order valence-electron chi connectivity index (χ3n) is 4.11. The van der Waals surface area contributed by atoms with Gasteiger partial charge in [-0.05, 0) is 24.0 Å². The van der Waals surface area contributed by atoms with Crippen molar-refractivity contribution in [3.05, 3.63) is 35.9 Å². The predicted molar refractivity (Wildman–Crippen MR) is 113 cm³/mol. The number of hydrogen-bond donors (Lipinski definition) is 6. The Bertz CT molecular complexity index is 718. The molecule has 3 unspecified atom stereocenters. The smallest absolute Gasteiger partial charge is 0.322 e. The molecule has 30 heavy (non-hydrogen) atoms. The topological polar surface area (TPSA) is 171 Å². The molecular weight excluding hydrogens is 412 g/mol. The fourth-order valence-corrected chi connectivity index (χ4v) is 2.96. The molecular formula is C19H28N4O6S. The van der Waals surface area contributed by atoms with Crippen LogP contribution in [-0.4, -0.2) is 77.2 Å². The van der Waals surface area contributed by atoms with Crippen molar-refractivity contribution in [2.45, 2.75) is 31.0 Å². The Hall–Kier alpha value is -2.63. The van der Waals surface area contributed by atoms with E-state index in [4.69, 9.17) is 10.8 Å². The number of carbonyl (C=O) groups is 4. The number of nitrogens with two attached hydrogens (primary N) is 1. The Morgan fingerprint density at radius 1 is 1.03 bits per heavy atom. The van der Waals surface area contributed by atoms with Gasteiger partial charge in [0.25, 0.3) is 0 Å². The molecule has 0 radical (unpaired) electrons. The van der Waals surface area contributed by atoms with Gasteiger partial charge >= 0.3 is 5.97 Å². The van der Waals surface area contributed by atoms with Gasteiger partial charge in [0.2, 0.25) is 17.7 Å². The van der Waals surface area contributed by atoms with Gasteiger partial charge in [-0.2, -0.15) is 11.8 Å². The van der Waals surface area contributed by atoms with Crippen molar-refractivity contribution in [1.82, 2.24) is 16.0 Å². The van der Waals surface area contributed by atoms with E-state index in [9.17, 15) is 24.3 Å². The number of benzene rings is 1. The van der Waals surface area contributed by atoms with Gasteiger partial charge in [0.1, 0.15) is 18.6 Å². The lowest BCUT2D eigenvalue weighted by atomic mass is 10.0. The molecule has 0 fully saturated rings. The lowest BCUT2D eigenvalue weighted by Crippen LogP contribution is -2.57. The van der Waals surface area contributed by atoms with Gasteiger partial charge in [0.05, 0.1) is 12.6 Å². The molecule has 10 nitrogen and oxygen atoms in total. The largest absolute Gasteiger partial charge is 0.480 e. The average molecular weight is 441 g/mol. The number of amides is 3. The van der Waals surface area contributed by atoms with Gasteiger partial charge in [0.15, 0.2) is 0 Å². The number of thioether (sulfide) groups is 1. The zero-order chi connectivity index (χ0) is 22.5. The summed E-state index contributed by atoms with van der Waals surface area (Å²) in [7, 11) is 0. The third-order valence-corrected chi connectivity index (χ3v) is 4.76. The van der Waals surface area contributed by atoms with Crippen molar-refractivity contribution < 1.29 is 29.4 Å². The van der Waals surface area contributed by atoms with Crippen LogP contribution in [0.2, 0.25) is 0 Å². The van der Waals surface area contributed by atoms with E-state index in [0.29, 0.717) is 12.2 Å². The highest BCUT2D eigenvalue weighted by atomic mass is 32.2. The molecule has 3 atom stereocenters. The highest BCUT2D eigenvalue weighted by molar-refractivity contribution is 7.98. The molecule has 1 aromatic rings. The highest BCUT2D eigenvalue weighted by Gasteiger charge is 2.28. The summed E-state index contributed by atoms with van der Waals surface area (Å²) in [4.78, 5) is 47.8. The first-order valence-corrected chi connectivity index (χ1v) is 10.7. The zero-order valence-corrected chi connectivity index (χ0v) is 17.5. The minimum atomic E-state index is -1.30. The fourth-order valence-electron chi connectivity index (χ4n) is 2.47. The van der Waals surface area contributed by atoms with Crippen LogP contribution >= 0.6 is 11.8 Å². The third kappa shape index (κ3) is 9.25. The molecule has 0 saturated carbocycles. The van der Waals surface area contributed by atoms with Crippen LogP contribution in [0.3, 0.4) is 0 Å². The Morgan fingerprint density at radius 3 is 2.23 bits per heavy atom. The minimum Gasteiger partial charge on any atom is -0.480 e. The molecule has 0 bridgehead atoms. The van der Waals surface area contributed by atoms with Gasteiger partial charge in [0, 0.05) is 6.42 Å². The van der Waals surface area contributed by atoms with E-state index < -0.39 is 55.0 Å². The zero-order valence-electron chi connectivity index (χ0n) is 16.7. The summed E-state index contributed by atoms with van der Waals surface area (Å²) in [6.07, 6.45) is 2.37. The van der Waals surface area contributed by atoms with Crippen LogP contribution in [0.25, 0.3) is 0 Å². The number of hydrogen-bond acceptors (Lipinski definition) is 7. The van der Waals surface area contributed by atoms with E-state index >= 15 is 0 Å². The van der Waals surface area contributed by atoms with E-state index in [1.165, 1.54) is 11.8 Å². The minimum absolute atomic E-state index is 0.0946. The molecule has 3 amide bonds. The molecule has 0 aliphatic rings. The van der Waals surface area contributed by atoms with Crippen LogP contribution in [0, 0.1) is 0 Å². The summed E-state index contributed by atoms with van der Waals surface area (Å²) in [5, 5.41) is 25.3. The molecule has 0 aromatic heterocycles. The SMILES string of the molecule is CSCCC(N)C(=O)NC(CO)C(=O)NC(Cc1ccccc1)C(=O)NCC(=O)O. The number of aliphatic hydroxyl groups excluding tert-OH is 1. The molecule has 7 N–H and O–H groups in total. The van der Waals surface area contributed by atoms with Crippen molar-refractivity contribution in [3.63, 3.8) is 0 Å². The predicted octanol–water partition coefficient (Wildman–Crippen LogP) is -1.53. The Labute approximate surface area is 179 Å². The van der Waals surface area contributed by atoms with E-state index in [1.807, 2.05) is 6.26 Å². The molecule has 11 heteroatoms. The summed E-state index contributed by atoms with van der Waals surface area (Å²) in [5.41, 5.74) is 6.50. The normalized spacial score (nSPS) is 13.6. The van der Waals surface area contributed by atoms with Gasteiger partial charge in [-0.15, -0.1) is 0 Å². The van der Waals surface area contributed by atoms with Crippen molar-refractivity contribution >= 4 is 35.5 Å². The number of carboxylic acids is 1. The van der Waals surface area contributed by atoms with Crippen molar-refractivity contribution in [3.8, 4) is 0 Å². The molecule has 1 aromatic carbocycles. The molecule has 1 rings (SSSR count). The van der Waals surface area contributed by atoms with Crippen LogP contribution in [0.15, 0.2) is 30.3 Å². The monoisotopic (exact) mass is 440 g/mol. The standard InChI is InChI=1S/C19H28N4O6S/c1-30-8-7-13(20)17(27)23-15(11-24)19(29)22-14(18(28)21-10-16(25)26)9-12-5-3-2-4-6-12/h2-6,13-15,24H,7-11,20H2,1H3,(H,21,28)(H,22,29)(H,23,27)(H,25,26). The maximum Gasteiger partial charge on any atom is 0.322 e. The van der Waals surface area contributed by atoms with E-state index in [1.54, 1.807) is 30.3 Å². The molecule has 0 spiro atoms. The average Bonchev–Trinajstić information content (AvgIpc) is 2.73. The van der Waals surface area contributed by atoms with Gasteiger partial charge in [-0.25, -0.2) is 0 Å². The number of aliphatic hydroxyl groups is 1. The maximum absolute atomic E-state index is 12.6. The lowest BCUT2D eigenvalue weighted by Gasteiger charge is -2.23. The van der Waals surface area contributed by atoms with Gasteiger partial charge in [-0.1, -0.05) is 30.3 Å². The second kappa shape index (κ2) is 13.6. The number of rotatable bonds is 13. The molecule has 0 aliphatic carbocycles. The second-order valence-corrected chi connectivity index (χ2v) is 7.48. The summed E-state index contributed by atoms with van der Waals surface area (Å²) >= 11 is 1.52. The van der Waals surface area contributed by atoms with Crippen LogP contribution in [0.5, 0.6) is 0 Å². The molecule has 166 valence electrons. The van der Waals surface area contributed by atoms with E-state index in [0.717, 1.165) is 5.56 Å². The fraction of sp³-hybridized carbons (Fsp3) is 0.474. The molecule has 0 aliphatic heterocycles. The Balaban J connectivity index is 2.82. The van der Waals surface area contributed by atoms with Crippen LogP contribution in [0.1, 0.15) is 12.0 Å². The summed E-state index contributed by atoms with van der Waals surface area (Å²) < 4.78 is 0. The number of carbonyl (C=O) groups excluding carboxylic acids is 3. The van der Waals surface area contributed by atoms with E-state index in [2.05, 4.69) is 16.0 Å². The van der Waals surface area contributed by atoms with Gasteiger partial charge < -0.3 is 31.9 Å². The van der Waals surface area contributed by atoms with Crippen LogP contribution in [-0.2, 0) is 25.6 Å². The van der Waals surface area contributed by atoms with Crippen molar-refractivity contribution in [2.24, 2.45) is 5.73 Å². The van der Waals surface area contributed by atoms with Crippen LogP contribution in [0.4, 0.5) is 0 Å². The lowest BCUT2D eigenvalue weighted by molar-refractivity contribution is -0.138. The van der Waals surface area contributed by atoms with Crippen LogP contribution < -0.4 is 21.7 Å². The first-order valence-electron chi connectivity index (χ1n) is 9.28. The van der Waals surface area contributed by atoms with Crippen molar-refractivity contribution in [2.75, 3.05) is 25.2 Å². The Morgan fingerprint density at radius 2 is 1.67 bits per heavy atom. The first kappa shape index (κ1) is 25.4.